The smallest absolute Gasteiger partial charge is 0.226 e. The Labute approximate surface area is 117 Å². The van der Waals surface area contributed by atoms with E-state index in [1.54, 1.807) is 6.08 Å². The third kappa shape index (κ3) is 3.36. The molecule has 0 N–H and O–H groups in total. The maximum absolute atomic E-state index is 12.4. The summed E-state index contributed by atoms with van der Waals surface area (Å²) in [5.74, 6) is 0.498. The normalized spacial score (nSPS) is 15.8. The van der Waals surface area contributed by atoms with Crippen molar-refractivity contribution in [3.8, 4) is 0 Å². The van der Waals surface area contributed by atoms with Crippen LogP contribution in [0.25, 0.3) is 0 Å². The molecule has 1 aromatic rings. The standard InChI is InChI=1S/C14H18ClNOS/c1-2-9-16(10-12-7-8-13(15)18-12)14(17)11-5-3-4-6-11/h2,7-8,11H,1,3-6,9-10H2. The summed E-state index contributed by atoms with van der Waals surface area (Å²) in [5.41, 5.74) is 0. The Morgan fingerprint density at radius 3 is 2.78 bits per heavy atom. The molecule has 1 amide bonds. The van der Waals surface area contributed by atoms with Gasteiger partial charge >= 0.3 is 0 Å². The van der Waals surface area contributed by atoms with E-state index < -0.39 is 0 Å². The molecule has 0 bridgehead atoms. The highest BCUT2D eigenvalue weighted by Gasteiger charge is 2.26. The first-order valence-electron chi connectivity index (χ1n) is 6.34. The van der Waals surface area contributed by atoms with Crippen molar-refractivity contribution in [2.75, 3.05) is 6.54 Å². The summed E-state index contributed by atoms with van der Waals surface area (Å²) in [6.45, 7) is 5.01. The minimum atomic E-state index is 0.223. The van der Waals surface area contributed by atoms with E-state index in [0.29, 0.717) is 13.1 Å². The molecule has 2 nitrogen and oxygen atoms in total. The van der Waals surface area contributed by atoms with Crippen molar-refractivity contribution in [1.82, 2.24) is 4.90 Å². The second kappa shape index (κ2) is 6.39. The molecule has 0 aromatic carbocycles. The SMILES string of the molecule is C=CCN(Cc1ccc(Cl)s1)C(=O)C1CCCC1. The van der Waals surface area contributed by atoms with Crippen LogP contribution >= 0.6 is 22.9 Å². The first-order valence-corrected chi connectivity index (χ1v) is 7.54. The molecule has 1 saturated carbocycles. The van der Waals surface area contributed by atoms with E-state index in [1.807, 2.05) is 17.0 Å². The Bertz CT molecular complexity index is 423. The number of thiophene rings is 1. The highest BCUT2D eigenvalue weighted by molar-refractivity contribution is 7.16. The van der Waals surface area contributed by atoms with Gasteiger partial charge in [0, 0.05) is 17.3 Å². The van der Waals surface area contributed by atoms with Crippen LogP contribution in [0.15, 0.2) is 24.8 Å². The number of halogens is 1. The Hall–Kier alpha value is -0.800. The lowest BCUT2D eigenvalue weighted by molar-refractivity contribution is -0.135. The Balaban J connectivity index is 2.02. The van der Waals surface area contributed by atoms with Gasteiger partial charge in [0.1, 0.15) is 0 Å². The molecule has 1 aliphatic carbocycles. The van der Waals surface area contributed by atoms with Gasteiger partial charge in [-0.3, -0.25) is 4.79 Å². The molecule has 1 heterocycles. The van der Waals surface area contributed by atoms with Crippen LogP contribution in [0.4, 0.5) is 0 Å². The Kier molecular flexibility index (Phi) is 4.84. The predicted molar refractivity (Wildman–Crippen MR) is 76.9 cm³/mol. The molecule has 0 saturated heterocycles. The average molecular weight is 284 g/mol. The van der Waals surface area contributed by atoms with Gasteiger partial charge in [0.25, 0.3) is 0 Å². The van der Waals surface area contributed by atoms with Crippen LogP contribution in [0, 0.1) is 5.92 Å². The fourth-order valence-electron chi connectivity index (χ4n) is 2.44. The topological polar surface area (TPSA) is 20.3 Å². The highest BCUT2D eigenvalue weighted by Crippen LogP contribution is 2.28. The van der Waals surface area contributed by atoms with E-state index in [9.17, 15) is 4.79 Å². The van der Waals surface area contributed by atoms with Crippen molar-refractivity contribution < 1.29 is 4.79 Å². The van der Waals surface area contributed by atoms with Gasteiger partial charge in [0.15, 0.2) is 0 Å². The lowest BCUT2D eigenvalue weighted by Gasteiger charge is -2.23. The van der Waals surface area contributed by atoms with Crippen LogP contribution in [0.2, 0.25) is 4.34 Å². The fraction of sp³-hybridized carbons (Fsp3) is 0.500. The van der Waals surface area contributed by atoms with Crippen LogP contribution < -0.4 is 0 Å². The maximum atomic E-state index is 12.4. The summed E-state index contributed by atoms with van der Waals surface area (Å²) in [7, 11) is 0. The van der Waals surface area contributed by atoms with Crippen molar-refractivity contribution in [2.24, 2.45) is 5.92 Å². The second-order valence-electron chi connectivity index (χ2n) is 4.69. The Morgan fingerprint density at radius 2 is 2.22 bits per heavy atom. The van der Waals surface area contributed by atoms with E-state index in [1.165, 1.54) is 24.2 Å². The second-order valence-corrected chi connectivity index (χ2v) is 6.49. The number of carbonyl (C=O) groups is 1. The molecule has 4 heteroatoms. The van der Waals surface area contributed by atoms with Crippen molar-refractivity contribution in [1.29, 1.82) is 0 Å². The van der Waals surface area contributed by atoms with Crippen LogP contribution in [-0.2, 0) is 11.3 Å². The van der Waals surface area contributed by atoms with Crippen LogP contribution in [-0.4, -0.2) is 17.4 Å². The van der Waals surface area contributed by atoms with Gasteiger partial charge in [-0.25, -0.2) is 0 Å². The van der Waals surface area contributed by atoms with E-state index in [4.69, 9.17) is 11.6 Å². The predicted octanol–water partition coefficient (Wildman–Crippen LogP) is 4.11. The van der Waals surface area contributed by atoms with Gasteiger partial charge in [-0.05, 0) is 25.0 Å². The molecule has 98 valence electrons. The molecule has 0 aliphatic heterocycles. The van der Waals surface area contributed by atoms with Gasteiger partial charge in [-0.15, -0.1) is 17.9 Å². The molecule has 2 rings (SSSR count). The molecule has 18 heavy (non-hydrogen) atoms. The van der Waals surface area contributed by atoms with Gasteiger partial charge in [0.2, 0.25) is 5.91 Å². The molecular weight excluding hydrogens is 266 g/mol. The fourth-order valence-corrected chi connectivity index (χ4v) is 3.55. The zero-order chi connectivity index (χ0) is 13.0. The molecule has 0 radical (unpaired) electrons. The van der Waals surface area contributed by atoms with Crippen molar-refractivity contribution in [3.63, 3.8) is 0 Å². The van der Waals surface area contributed by atoms with E-state index in [2.05, 4.69) is 6.58 Å². The number of hydrogen-bond acceptors (Lipinski definition) is 2. The van der Waals surface area contributed by atoms with E-state index >= 15 is 0 Å². The Morgan fingerprint density at radius 1 is 1.50 bits per heavy atom. The summed E-state index contributed by atoms with van der Waals surface area (Å²) in [6, 6.07) is 3.87. The van der Waals surface area contributed by atoms with Crippen molar-refractivity contribution in [3.05, 3.63) is 34.0 Å². The van der Waals surface area contributed by atoms with E-state index in [0.717, 1.165) is 22.1 Å². The maximum Gasteiger partial charge on any atom is 0.226 e. The van der Waals surface area contributed by atoms with Gasteiger partial charge in [-0.2, -0.15) is 0 Å². The minimum Gasteiger partial charge on any atom is -0.334 e. The van der Waals surface area contributed by atoms with Crippen LogP contribution in [0.5, 0.6) is 0 Å². The first kappa shape index (κ1) is 13.6. The van der Waals surface area contributed by atoms with Crippen molar-refractivity contribution in [2.45, 2.75) is 32.2 Å². The molecule has 0 spiro atoms. The zero-order valence-corrected chi connectivity index (χ0v) is 12.0. The monoisotopic (exact) mass is 283 g/mol. The molecular formula is C14H18ClNOS. The van der Waals surface area contributed by atoms with Gasteiger partial charge in [-0.1, -0.05) is 30.5 Å². The van der Waals surface area contributed by atoms with Crippen LogP contribution in [0.3, 0.4) is 0 Å². The zero-order valence-electron chi connectivity index (χ0n) is 10.4. The summed E-state index contributed by atoms with van der Waals surface area (Å²) >= 11 is 7.46. The van der Waals surface area contributed by atoms with Gasteiger partial charge < -0.3 is 4.90 Å². The summed E-state index contributed by atoms with van der Waals surface area (Å²) in [5, 5.41) is 0. The lowest BCUT2D eigenvalue weighted by atomic mass is 10.1. The summed E-state index contributed by atoms with van der Waals surface area (Å²) < 4.78 is 0.775. The number of nitrogens with zero attached hydrogens (tertiary/aromatic N) is 1. The summed E-state index contributed by atoms with van der Waals surface area (Å²) in [6.07, 6.45) is 6.24. The summed E-state index contributed by atoms with van der Waals surface area (Å²) in [4.78, 5) is 15.4. The quantitative estimate of drug-likeness (QED) is 0.745. The van der Waals surface area contributed by atoms with Gasteiger partial charge in [0.05, 0.1) is 10.9 Å². The molecule has 0 unspecified atom stereocenters. The third-order valence-electron chi connectivity index (χ3n) is 3.34. The number of rotatable bonds is 5. The third-order valence-corrected chi connectivity index (χ3v) is 4.56. The number of hydrogen-bond donors (Lipinski definition) is 0. The van der Waals surface area contributed by atoms with Crippen molar-refractivity contribution >= 4 is 28.8 Å². The lowest BCUT2D eigenvalue weighted by Crippen LogP contribution is -2.34. The highest BCUT2D eigenvalue weighted by atomic mass is 35.5. The molecule has 1 fully saturated rings. The first-order chi connectivity index (χ1) is 8.70. The molecule has 1 aromatic heterocycles. The largest absolute Gasteiger partial charge is 0.334 e. The number of carbonyl (C=O) groups excluding carboxylic acids is 1. The number of amides is 1. The minimum absolute atomic E-state index is 0.223. The van der Waals surface area contributed by atoms with Crippen LogP contribution in [0.1, 0.15) is 30.6 Å². The molecule has 1 aliphatic rings. The average Bonchev–Trinajstić information content (AvgIpc) is 2.99. The molecule has 0 atom stereocenters. The van der Waals surface area contributed by atoms with E-state index in [-0.39, 0.29) is 11.8 Å².